The summed E-state index contributed by atoms with van der Waals surface area (Å²) in [6.07, 6.45) is -3.95. The number of alkyl halides is 3. The first kappa shape index (κ1) is 14.6. The number of rotatable bonds is 4. The number of hydrogen-bond donors (Lipinski definition) is 3. The summed E-state index contributed by atoms with van der Waals surface area (Å²) in [6, 6.07) is 1.65. The maximum atomic E-state index is 12.6. The van der Waals surface area contributed by atoms with E-state index in [1.165, 1.54) is 0 Å². The number of halogens is 3. The summed E-state index contributed by atoms with van der Waals surface area (Å²) in [4.78, 5) is 3.78. The van der Waals surface area contributed by atoms with E-state index in [9.17, 15) is 18.3 Å². The second kappa shape index (κ2) is 5.01. The maximum absolute atomic E-state index is 12.6. The highest BCUT2D eigenvalue weighted by Crippen LogP contribution is 2.32. The van der Waals surface area contributed by atoms with Gasteiger partial charge in [0.1, 0.15) is 11.6 Å². The number of nitrogens with zero attached hydrogens (tertiary/aromatic N) is 1. The third kappa shape index (κ3) is 3.49. The molecule has 0 aromatic carbocycles. The number of pyridine rings is 1. The third-order valence-corrected chi connectivity index (χ3v) is 2.73. The summed E-state index contributed by atoms with van der Waals surface area (Å²) < 4.78 is 37.8. The van der Waals surface area contributed by atoms with Crippen LogP contribution in [0.15, 0.2) is 12.1 Å². The molecule has 0 amide bonds. The van der Waals surface area contributed by atoms with Gasteiger partial charge < -0.3 is 16.2 Å². The van der Waals surface area contributed by atoms with Gasteiger partial charge in [-0.1, -0.05) is 6.92 Å². The summed E-state index contributed by atoms with van der Waals surface area (Å²) in [5, 5.41) is 12.0. The topological polar surface area (TPSA) is 71.2 Å². The summed E-state index contributed by atoms with van der Waals surface area (Å²) in [6.45, 7) is 3.27. The minimum atomic E-state index is -4.48. The van der Waals surface area contributed by atoms with Crippen LogP contribution in [0.5, 0.6) is 0 Å². The number of nitrogens with one attached hydrogen (secondary N) is 1. The molecular weight excluding hydrogens is 247 g/mol. The van der Waals surface area contributed by atoms with Crippen LogP contribution in [-0.2, 0) is 6.18 Å². The van der Waals surface area contributed by atoms with Gasteiger partial charge in [0.25, 0.3) is 0 Å². The van der Waals surface area contributed by atoms with E-state index in [0.717, 1.165) is 12.1 Å². The SMILES string of the molecule is CCC(C)(CO)Nc1cc(C(F)(F)F)cc(N)n1. The number of aliphatic hydroxyl groups is 1. The van der Waals surface area contributed by atoms with E-state index < -0.39 is 17.3 Å². The van der Waals surface area contributed by atoms with Crippen LogP contribution in [-0.4, -0.2) is 22.2 Å². The fourth-order valence-electron chi connectivity index (χ4n) is 1.33. The van der Waals surface area contributed by atoms with E-state index >= 15 is 0 Å². The number of anilines is 2. The van der Waals surface area contributed by atoms with E-state index in [0.29, 0.717) is 6.42 Å². The smallest absolute Gasteiger partial charge is 0.394 e. The van der Waals surface area contributed by atoms with Gasteiger partial charge >= 0.3 is 6.18 Å². The van der Waals surface area contributed by atoms with Crippen LogP contribution in [0.1, 0.15) is 25.8 Å². The van der Waals surface area contributed by atoms with Crippen molar-refractivity contribution in [2.75, 3.05) is 17.7 Å². The van der Waals surface area contributed by atoms with Gasteiger partial charge in [-0.15, -0.1) is 0 Å². The number of aromatic nitrogens is 1. The molecule has 1 aromatic rings. The second-order valence-corrected chi connectivity index (χ2v) is 4.36. The Morgan fingerprint density at radius 3 is 2.44 bits per heavy atom. The van der Waals surface area contributed by atoms with Gasteiger partial charge in [0.2, 0.25) is 0 Å². The highest BCUT2D eigenvalue weighted by molar-refractivity contribution is 5.48. The van der Waals surface area contributed by atoms with E-state index in [2.05, 4.69) is 10.3 Å². The number of nitrogen functional groups attached to an aromatic ring is 1. The van der Waals surface area contributed by atoms with Crippen molar-refractivity contribution in [3.05, 3.63) is 17.7 Å². The molecule has 0 radical (unpaired) electrons. The minimum absolute atomic E-state index is 0.000671. The van der Waals surface area contributed by atoms with Gasteiger partial charge in [-0.05, 0) is 25.5 Å². The molecule has 4 nitrogen and oxygen atoms in total. The molecule has 0 saturated carbocycles. The van der Waals surface area contributed by atoms with E-state index in [1.54, 1.807) is 13.8 Å². The summed E-state index contributed by atoms with van der Waals surface area (Å²) in [5.41, 5.74) is 3.75. The second-order valence-electron chi connectivity index (χ2n) is 4.36. The van der Waals surface area contributed by atoms with Gasteiger partial charge in [-0.25, -0.2) is 4.98 Å². The van der Waals surface area contributed by atoms with Gasteiger partial charge in [0.05, 0.1) is 17.7 Å². The van der Waals surface area contributed by atoms with Crippen molar-refractivity contribution in [1.82, 2.24) is 4.98 Å². The molecule has 0 aliphatic heterocycles. The molecule has 0 fully saturated rings. The summed E-state index contributed by atoms with van der Waals surface area (Å²) in [7, 11) is 0. The molecule has 1 atom stereocenters. The molecule has 0 saturated heterocycles. The molecule has 102 valence electrons. The number of hydrogen-bond acceptors (Lipinski definition) is 4. The number of nitrogens with two attached hydrogens (primary N) is 1. The largest absolute Gasteiger partial charge is 0.416 e. The van der Waals surface area contributed by atoms with Crippen molar-refractivity contribution in [2.45, 2.75) is 32.0 Å². The zero-order valence-corrected chi connectivity index (χ0v) is 10.2. The van der Waals surface area contributed by atoms with Crippen molar-refractivity contribution in [2.24, 2.45) is 0 Å². The Morgan fingerprint density at radius 2 is 2.00 bits per heavy atom. The summed E-state index contributed by atoms with van der Waals surface area (Å²) in [5.74, 6) is -0.218. The third-order valence-electron chi connectivity index (χ3n) is 2.73. The van der Waals surface area contributed by atoms with E-state index in [1.807, 2.05) is 0 Å². The molecule has 0 spiro atoms. The normalized spacial score (nSPS) is 15.2. The molecule has 1 unspecified atom stereocenters. The molecule has 4 N–H and O–H groups in total. The zero-order chi connectivity index (χ0) is 14.0. The van der Waals surface area contributed by atoms with Gasteiger partial charge in [0.15, 0.2) is 0 Å². The van der Waals surface area contributed by atoms with Crippen LogP contribution in [0, 0.1) is 0 Å². The molecule has 0 bridgehead atoms. The number of aliphatic hydroxyl groups excluding tert-OH is 1. The molecule has 18 heavy (non-hydrogen) atoms. The van der Waals surface area contributed by atoms with Crippen LogP contribution in [0.4, 0.5) is 24.8 Å². The lowest BCUT2D eigenvalue weighted by atomic mass is 10.0. The predicted molar refractivity (Wildman–Crippen MR) is 63.1 cm³/mol. The van der Waals surface area contributed by atoms with Crippen LogP contribution >= 0.6 is 0 Å². The molecule has 7 heteroatoms. The van der Waals surface area contributed by atoms with Crippen molar-refractivity contribution >= 4 is 11.6 Å². The monoisotopic (exact) mass is 263 g/mol. The minimum Gasteiger partial charge on any atom is -0.394 e. The highest BCUT2D eigenvalue weighted by atomic mass is 19.4. The first-order chi connectivity index (χ1) is 8.20. The van der Waals surface area contributed by atoms with Gasteiger partial charge in [-0.3, -0.25) is 0 Å². The first-order valence-corrected chi connectivity index (χ1v) is 5.44. The predicted octanol–water partition coefficient (Wildman–Crippen LogP) is 2.26. The summed E-state index contributed by atoms with van der Waals surface area (Å²) >= 11 is 0. The van der Waals surface area contributed by atoms with Crippen molar-refractivity contribution in [3.8, 4) is 0 Å². The Labute approximate surface area is 103 Å². The fourth-order valence-corrected chi connectivity index (χ4v) is 1.33. The van der Waals surface area contributed by atoms with Gasteiger partial charge in [0, 0.05) is 0 Å². The lowest BCUT2D eigenvalue weighted by Gasteiger charge is -2.28. The Morgan fingerprint density at radius 1 is 1.39 bits per heavy atom. The van der Waals surface area contributed by atoms with Crippen LogP contribution < -0.4 is 11.1 Å². The van der Waals surface area contributed by atoms with E-state index in [4.69, 9.17) is 5.73 Å². The Balaban J connectivity index is 3.08. The Bertz CT molecular complexity index is 416. The molecule has 1 rings (SSSR count). The standard InChI is InChI=1S/C11H16F3N3O/c1-3-10(2,6-18)17-9-5-7(11(12,13)14)4-8(15)16-9/h4-5,18H,3,6H2,1-2H3,(H3,15,16,17). The van der Waals surface area contributed by atoms with Crippen molar-refractivity contribution in [1.29, 1.82) is 0 Å². The van der Waals surface area contributed by atoms with Gasteiger partial charge in [-0.2, -0.15) is 13.2 Å². The van der Waals surface area contributed by atoms with Crippen LogP contribution in [0.2, 0.25) is 0 Å². The van der Waals surface area contributed by atoms with E-state index in [-0.39, 0.29) is 18.2 Å². The lowest BCUT2D eigenvalue weighted by molar-refractivity contribution is -0.137. The lowest BCUT2D eigenvalue weighted by Crippen LogP contribution is -2.38. The highest BCUT2D eigenvalue weighted by Gasteiger charge is 2.32. The van der Waals surface area contributed by atoms with Crippen LogP contribution in [0.3, 0.4) is 0 Å². The molecule has 0 aliphatic carbocycles. The first-order valence-electron chi connectivity index (χ1n) is 5.44. The molecular formula is C11H16F3N3O. The van der Waals surface area contributed by atoms with Crippen molar-refractivity contribution in [3.63, 3.8) is 0 Å². The Kier molecular flexibility index (Phi) is 4.05. The quantitative estimate of drug-likeness (QED) is 0.779. The maximum Gasteiger partial charge on any atom is 0.416 e. The molecule has 0 aliphatic rings. The van der Waals surface area contributed by atoms with Crippen molar-refractivity contribution < 1.29 is 18.3 Å². The fraction of sp³-hybridized carbons (Fsp3) is 0.545. The zero-order valence-electron chi connectivity index (χ0n) is 10.2. The Hall–Kier alpha value is -1.50. The molecule has 1 heterocycles. The van der Waals surface area contributed by atoms with Crippen LogP contribution in [0.25, 0.3) is 0 Å². The average Bonchev–Trinajstić information content (AvgIpc) is 2.27. The molecule has 1 aromatic heterocycles. The average molecular weight is 263 g/mol.